The molecule has 4 heteroatoms. The van der Waals surface area contributed by atoms with Crippen molar-refractivity contribution >= 4 is 11.8 Å². The number of phenols is 1. The molecule has 0 atom stereocenters. The molecular weight excluding hydrogens is 234 g/mol. The Morgan fingerprint density at radius 1 is 1.24 bits per heavy atom. The minimum Gasteiger partial charge on any atom is -0.507 e. The van der Waals surface area contributed by atoms with Crippen molar-refractivity contribution in [1.82, 2.24) is 4.98 Å². The van der Waals surface area contributed by atoms with Crippen LogP contribution in [0.15, 0.2) is 46.5 Å². The predicted molar refractivity (Wildman–Crippen MR) is 65.7 cm³/mol. The van der Waals surface area contributed by atoms with E-state index in [4.69, 9.17) is 4.74 Å². The molecular formula is C13H11NO2S. The van der Waals surface area contributed by atoms with Crippen LogP contribution in [-0.2, 0) is 6.42 Å². The van der Waals surface area contributed by atoms with Crippen LogP contribution in [0.1, 0.15) is 5.56 Å². The van der Waals surface area contributed by atoms with E-state index in [9.17, 15) is 5.11 Å². The number of ether oxygens (including phenoxy) is 1. The number of aromatic nitrogens is 1. The van der Waals surface area contributed by atoms with E-state index in [0.29, 0.717) is 12.4 Å². The first-order valence-electron chi connectivity index (χ1n) is 5.39. The van der Waals surface area contributed by atoms with Gasteiger partial charge in [-0.2, -0.15) is 0 Å². The first-order chi connectivity index (χ1) is 8.33. The highest BCUT2D eigenvalue weighted by Crippen LogP contribution is 2.40. The van der Waals surface area contributed by atoms with Gasteiger partial charge in [0.15, 0.2) is 0 Å². The molecule has 86 valence electrons. The van der Waals surface area contributed by atoms with Crippen molar-refractivity contribution in [2.45, 2.75) is 16.2 Å². The second-order valence-corrected chi connectivity index (χ2v) is 4.93. The molecule has 1 aromatic heterocycles. The van der Waals surface area contributed by atoms with E-state index in [1.54, 1.807) is 18.5 Å². The van der Waals surface area contributed by atoms with Gasteiger partial charge in [-0.05, 0) is 24.3 Å². The summed E-state index contributed by atoms with van der Waals surface area (Å²) in [5, 5.41) is 9.94. The van der Waals surface area contributed by atoms with E-state index in [2.05, 4.69) is 4.98 Å². The van der Waals surface area contributed by atoms with E-state index < -0.39 is 0 Å². The smallest absolute Gasteiger partial charge is 0.130 e. The van der Waals surface area contributed by atoms with Gasteiger partial charge < -0.3 is 9.84 Å². The molecule has 0 amide bonds. The van der Waals surface area contributed by atoms with Crippen molar-refractivity contribution < 1.29 is 9.84 Å². The summed E-state index contributed by atoms with van der Waals surface area (Å²) in [6, 6.07) is 7.53. The van der Waals surface area contributed by atoms with Crippen LogP contribution in [0.2, 0.25) is 0 Å². The Labute approximate surface area is 103 Å². The number of pyridine rings is 1. The van der Waals surface area contributed by atoms with Gasteiger partial charge in [-0.1, -0.05) is 11.8 Å². The molecule has 0 spiro atoms. The topological polar surface area (TPSA) is 42.4 Å². The summed E-state index contributed by atoms with van der Waals surface area (Å²) in [6.07, 6.45) is 4.36. The lowest BCUT2D eigenvalue weighted by Crippen LogP contribution is -1.86. The second-order valence-electron chi connectivity index (χ2n) is 3.81. The van der Waals surface area contributed by atoms with Gasteiger partial charge in [0, 0.05) is 29.3 Å². The molecule has 2 aromatic rings. The fourth-order valence-electron chi connectivity index (χ4n) is 1.81. The van der Waals surface area contributed by atoms with Crippen LogP contribution < -0.4 is 4.74 Å². The number of nitrogens with zero attached hydrogens (tertiary/aromatic N) is 1. The molecule has 1 aliphatic heterocycles. The SMILES string of the molecule is Oc1cc2c(cc1Sc1ccncc1)OCC2. The van der Waals surface area contributed by atoms with Gasteiger partial charge in [-0.15, -0.1) is 0 Å². The standard InChI is InChI=1S/C13H11NO2S/c15-11-7-9-3-6-16-12(9)8-13(11)17-10-1-4-14-5-2-10/h1-2,4-5,7-8,15H,3,6H2. The van der Waals surface area contributed by atoms with Gasteiger partial charge in [0.25, 0.3) is 0 Å². The molecule has 0 saturated heterocycles. The minimum absolute atomic E-state index is 0.316. The number of fused-ring (bicyclic) bond motifs is 1. The number of rotatable bonds is 2. The summed E-state index contributed by atoms with van der Waals surface area (Å²) in [5.74, 6) is 1.20. The molecule has 1 aromatic carbocycles. The highest BCUT2D eigenvalue weighted by atomic mass is 32.2. The Balaban J connectivity index is 1.93. The number of hydrogen-bond acceptors (Lipinski definition) is 4. The van der Waals surface area contributed by atoms with Gasteiger partial charge in [0.05, 0.1) is 11.5 Å². The van der Waals surface area contributed by atoms with Gasteiger partial charge in [0.2, 0.25) is 0 Å². The fourth-order valence-corrected chi connectivity index (χ4v) is 2.65. The zero-order chi connectivity index (χ0) is 11.7. The maximum Gasteiger partial charge on any atom is 0.130 e. The van der Waals surface area contributed by atoms with Crippen LogP contribution >= 0.6 is 11.8 Å². The van der Waals surface area contributed by atoms with Crippen molar-refractivity contribution in [1.29, 1.82) is 0 Å². The fraction of sp³-hybridized carbons (Fsp3) is 0.154. The van der Waals surface area contributed by atoms with Gasteiger partial charge >= 0.3 is 0 Å². The molecule has 2 heterocycles. The highest BCUT2D eigenvalue weighted by molar-refractivity contribution is 7.99. The van der Waals surface area contributed by atoms with E-state index in [-0.39, 0.29) is 0 Å². The van der Waals surface area contributed by atoms with E-state index in [1.165, 1.54) is 11.8 Å². The summed E-state index contributed by atoms with van der Waals surface area (Å²) in [7, 11) is 0. The summed E-state index contributed by atoms with van der Waals surface area (Å²) in [5.41, 5.74) is 1.08. The molecule has 0 bridgehead atoms. The number of benzene rings is 1. The molecule has 1 aliphatic rings. The predicted octanol–water partition coefficient (Wildman–Crippen LogP) is 2.87. The summed E-state index contributed by atoms with van der Waals surface area (Å²) < 4.78 is 5.50. The highest BCUT2D eigenvalue weighted by Gasteiger charge is 2.16. The van der Waals surface area contributed by atoms with Crippen LogP contribution in [0.25, 0.3) is 0 Å². The van der Waals surface area contributed by atoms with Gasteiger partial charge in [0.1, 0.15) is 11.5 Å². The molecule has 0 aliphatic carbocycles. The van der Waals surface area contributed by atoms with Crippen molar-refractivity contribution in [3.05, 3.63) is 42.2 Å². The molecule has 1 N–H and O–H groups in total. The third kappa shape index (κ3) is 2.08. The molecule has 17 heavy (non-hydrogen) atoms. The first kappa shape index (κ1) is 10.5. The Morgan fingerprint density at radius 2 is 2.06 bits per heavy atom. The molecule has 0 fully saturated rings. The number of hydrogen-bond donors (Lipinski definition) is 1. The van der Waals surface area contributed by atoms with Crippen LogP contribution in [0, 0.1) is 0 Å². The zero-order valence-electron chi connectivity index (χ0n) is 9.09. The van der Waals surface area contributed by atoms with Crippen molar-refractivity contribution in [2.75, 3.05) is 6.61 Å². The van der Waals surface area contributed by atoms with Crippen LogP contribution in [0.5, 0.6) is 11.5 Å². The largest absolute Gasteiger partial charge is 0.507 e. The maximum atomic E-state index is 9.94. The molecule has 0 unspecified atom stereocenters. The van der Waals surface area contributed by atoms with Gasteiger partial charge in [-0.25, -0.2) is 0 Å². The Bertz CT molecular complexity index is 543. The van der Waals surface area contributed by atoms with E-state index in [0.717, 1.165) is 27.5 Å². The average molecular weight is 245 g/mol. The second kappa shape index (κ2) is 4.30. The Morgan fingerprint density at radius 3 is 2.88 bits per heavy atom. The van der Waals surface area contributed by atoms with Crippen LogP contribution in [0.3, 0.4) is 0 Å². The molecule has 0 saturated carbocycles. The number of aromatic hydroxyl groups is 1. The van der Waals surface area contributed by atoms with Crippen molar-refractivity contribution in [2.24, 2.45) is 0 Å². The number of phenolic OH excluding ortho intramolecular Hbond substituents is 1. The lowest BCUT2D eigenvalue weighted by Gasteiger charge is -2.07. The molecule has 3 nitrogen and oxygen atoms in total. The minimum atomic E-state index is 0.316. The Hall–Kier alpha value is -1.68. The maximum absolute atomic E-state index is 9.94. The van der Waals surface area contributed by atoms with Crippen molar-refractivity contribution in [3.63, 3.8) is 0 Å². The summed E-state index contributed by atoms with van der Waals surface area (Å²) in [6.45, 7) is 0.706. The normalized spacial score (nSPS) is 13.2. The third-order valence-electron chi connectivity index (χ3n) is 2.65. The Kier molecular flexibility index (Phi) is 2.65. The first-order valence-corrected chi connectivity index (χ1v) is 6.21. The zero-order valence-corrected chi connectivity index (χ0v) is 9.91. The molecule has 0 radical (unpaired) electrons. The lowest BCUT2D eigenvalue weighted by molar-refractivity contribution is 0.355. The third-order valence-corrected chi connectivity index (χ3v) is 3.70. The van der Waals surface area contributed by atoms with E-state index in [1.807, 2.05) is 18.2 Å². The quantitative estimate of drug-likeness (QED) is 0.883. The lowest BCUT2D eigenvalue weighted by atomic mass is 10.1. The van der Waals surface area contributed by atoms with Gasteiger partial charge in [-0.3, -0.25) is 4.98 Å². The average Bonchev–Trinajstić information content (AvgIpc) is 2.78. The van der Waals surface area contributed by atoms with E-state index >= 15 is 0 Å². The van der Waals surface area contributed by atoms with Crippen LogP contribution in [0.4, 0.5) is 0 Å². The molecule has 3 rings (SSSR count). The monoisotopic (exact) mass is 245 g/mol. The van der Waals surface area contributed by atoms with Crippen LogP contribution in [-0.4, -0.2) is 16.7 Å². The summed E-state index contributed by atoms with van der Waals surface area (Å²) in [4.78, 5) is 5.83. The van der Waals surface area contributed by atoms with Crippen molar-refractivity contribution in [3.8, 4) is 11.5 Å². The summed E-state index contributed by atoms with van der Waals surface area (Å²) >= 11 is 1.51.